The van der Waals surface area contributed by atoms with Gasteiger partial charge in [0.25, 0.3) is 0 Å². The van der Waals surface area contributed by atoms with Crippen molar-refractivity contribution in [3.05, 3.63) is 66.0 Å². The standard InChI is InChI=1S/C28H28FN3O5S/c1-15-10-18(8-9-20(15)32-38(2,3)34)16-4-6-17(7-5-16)26-19(29)11-21-22(31-26)12-25(30-21)37-24-14-36-27-23(33)13-35-28(24)27/h4-12,23-24,27-28,30,33H,13-14H2,1-3H3/t23-,24-,27-,28-/m1/s1. The van der Waals surface area contributed by atoms with Gasteiger partial charge in [0.05, 0.1) is 29.9 Å². The Labute approximate surface area is 220 Å². The smallest absolute Gasteiger partial charge is 0.193 e. The van der Waals surface area contributed by atoms with E-state index in [0.29, 0.717) is 34.8 Å². The van der Waals surface area contributed by atoms with Crippen molar-refractivity contribution in [2.75, 3.05) is 25.7 Å². The zero-order chi connectivity index (χ0) is 26.6. The first-order valence-corrected chi connectivity index (χ1v) is 14.6. The highest BCUT2D eigenvalue weighted by Crippen LogP contribution is 2.33. The molecule has 10 heteroatoms. The second kappa shape index (κ2) is 9.46. The quantitative estimate of drug-likeness (QED) is 0.385. The molecule has 2 aliphatic rings. The number of pyridine rings is 1. The van der Waals surface area contributed by atoms with E-state index in [-0.39, 0.29) is 24.5 Å². The van der Waals surface area contributed by atoms with E-state index < -0.39 is 27.8 Å². The minimum atomic E-state index is -2.24. The molecule has 2 fully saturated rings. The molecule has 0 unspecified atom stereocenters. The summed E-state index contributed by atoms with van der Waals surface area (Å²) >= 11 is 0. The molecule has 4 aromatic rings. The van der Waals surface area contributed by atoms with E-state index in [0.717, 1.165) is 16.7 Å². The normalized spacial score (nSPS) is 23.1. The van der Waals surface area contributed by atoms with E-state index in [4.69, 9.17) is 14.2 Å². The minimum absolute atomic E-state index is 0.220. The van der Waals surface area contributed by atoms with Crippen LogP contribution in [0.25, 0.3) is 33.4 Å². The Bertz CT molecular complexity index is 1640. The van der Waals surface area contributed by atoms with Crippen LogP contribution in [0, 0.1) is 12.7 Å². The molecule has 2 aromatic heterocycles. The number of fused-ring (bicyclic) bond motifs is 2. The van der Waals surface area contributed by atoms with Crippen molar-refractivity contribution in [2.24, 2.45) is 4.36 Å². The molecule has 0 aliphatic carbocycles. The Balaban J connectivity index is 1.23. The SMILES string of the molecule is Cc1cc(-c2ccc(-c3nc4cc(O[C@@H]5CO[C@H]6[C@@H]5OC[C@H]6O)[nH]c4cc3F)cc2)ccc1N=S(C)(C)=O. The molecule has 38 heavy (non-hydrogen) atoms. The number of aromatic amines is 1. The van der Waals surface area contributed by atoms with Crippen LogP contribution in [0.1, 0.15) is 5.56 Å². The number of halogens is 1. The maximum Gasteiger partial charge on any atom is 0.193 e. The van der Waals surface area contributed by atoms with Crippen LogP contribution < -0.4 is 4.74 Å². The number of aromatic nitrogens is 2. The van der Waals surface area contributed by atoms with E-state index in [2.05, 4.69) is 14.3 Å². The number of nitrogens with zero attached hydrogens (tertiary/aromatic N) is 2. The molecule has 0 radical (unpaired) electrons. The highest BCUT2D eigenvalue weighted by atomic mass is 32.2. The van der Waals surface area contributed by atoms with Crippen LogP contribution in [0.5, 0.6) is 5.88 Å². The van der Waals surface area contributed by atoms with Crippen molar-refractivity contribution in [1.82, 2.24) is 9.97 Å². The number of aliphatic hydroxyl groups excluding tert-OH is 1. The number of nitrogens with one attached hydrogen (secondary N) is 1. The van der Waals surface area contributed by atoms with Gasteiger partial charge in [0.2, 0.25) is 0 Å². The molecule has 4 heterocycles. The third kappa shape index (κ3) is 4.80. The van der Waals surface area contributed by atoms with Gasteiger partial charge >= 0.3 is 0 Å². The van der Waals surface area contributed by atoms with Gasteiger partial charge in [-0.05, 0) is 35.7 Å². The zero-order valence-electron chi connectivity index (χ0n) is 21.2. The number of aryl methyl sites for hydroxylation is 1. The van der Waals surface area contributed by atoms with Crippen molar-refractivity contribution >= 4 is 26.4 Å². The second-order valence-corrected chi connectivity index (χ2v) is 12.6. The average Bonchev–Trinajstić information content (AvgIpc) is 3.56. The maximum atomic E-state index is 15.1. The lowest BCUT2D eigenvalue weighted by molar-refractivity contribution is 0.00794. The fourth-order valence-electron chi connectivity index (χ4n) is 4.98. The zero-order valence-corrected chi connectivity index (χ0v) is 22.0. The lowest BCUT2D eigenvalue weighted by atomic mass is 10.0. The number of ether oxygens (including phenoxy) is 3. The first-order chi connectivity index (χ1) is 18.1. The number of aliphatic hydroxyl groups is 1. The van der Waals surface area contributed by atoms with Crippen LogP contribution in [-0.4, -0.2) is 69.4 Å². The topological polar surface area (TPSA) is 106 Å². The molecule has 2 saturated heterocycles. The summed E-state index contributed by atoms with van der Waals surface area (Å²) in [6.45, 7) is 2.46. The number of hydrogen-bond acceptors (Lipinski definition) is 7. The van der Waals surface area contributed by atoms with E-state index in [1.807, 2.05) is 49.4 Å². The monoisotopic (exact) mass is 537 g/mol. The summed E-state index contributed by atoms with van der Waals surface area (Å²) in [6, 6.07) is 16.5. The molecule has 0 saturated carbocycles. The molecule has 2 aliphatic heterocycles. The molecule has 0 bridgehead atoms. The third-order valence-electron chi connectivity index (χ3n) is 6.80. The van der Waals surface area contributed by atoms with Gasteiger partial charge in [0.1, 0.15) is 24.0 Å². The largest absolute Gasteiger partial charge is 0.470 e. The fraction of sp³-hybridized carbons (Fsp3) is 0.321. The molecular weight excluding hydrogens is 509 g/mol. The van der Waals surface area contributed by atoms with E-state index >= 15 is 4.39 Å². The van der Waals surface area contributed by atoms with Crippen molar-refractivity contribution in [3.63, 3.8) is 0 Å². The average molecular weight is 538 g/mol. The number of benzene rings is 2. The van der Waals surface area contributed by atoms with Crippen LogP contribution in [0.4, 0.5) is 10.1 Å². The van der Waals surface area contributed by atoms with E-state index in [1.165, 1.54) is 6.07 Å². The molecule has 2 aromatic carbocycles. The molecule has 4 atom stereocenters. The van der Waals surface area contributed by atoms with Crippen LogP contribution in [-0.2, 0) is 19.2 Å². The van der Waals surface area contributed by atoms with Crippen molar-refractivity contribution in [1.29, 1.82) is 0 Å². The Morgan fingerprint density at radius 3 is 2.47 bits per heavy atom. The van der Waals surface area contributed by atoms with Gasteiger partial charge in [0.15, 0.2) is 17.8 Å². The Morgan fingerprint density at radius 2 is 1.74 bits per heavy atom. The number of H-pyrrole nitrogens is 1. The van der Waals surface area contributed by atoms with Crippen LogP contribution in [0.3, 0.4) is 0 Å². The second-order valence-electron chi connectivity index (χ2n) is 10.1. The highest BCUT2D eigenvalue weighted by molar-refractivity contribution is 7.92. The van der Waals surface area contributed by atoms with E-state index in [9.17, 15) is 9.32 Å². The van der Waals surface area contributed by atoms with Gasteiger partial charge in [-0.15, -0.1) is 0 Å². The van der Waals surface area contributed by atoms with Crippen molar-refractivity contribution in [3.8, 4) is 28.3 Å². The molecule has 198 valence electrons. The van der Waals surface area contributed by atoms with Gasteiger partial charge in [-0.25, -0.2) is 13.6 Å². The predicted octanol–water partition coefficient (Wildman–Crippen LogP) is 4.61. The summed E-state index contributed by atoms with van der Waals surface area (Å²) in [5.41, 5.74) is 5.58. The number of rotatable bonds is 5. The summed E-state index contributed by atoms with van der Waals surface area (Å²) in [6.07, 6.45) is 1.46. The maximum absolute atomic E-state index is 15.1. The number of hydrogen-bond donors (Lipinski definition) is 2. The lowest BCUT2D eigenvalue weighted by Gasteiger charge is -2.16. The third-order valence-corrected chi connectivity index (χ3v) is 7.43. The summed E-state index contributed by atoms with van der Waals surface area (Å²) < 4.78 is 48.7. The minimum Gasteiger partial charge on any atom is -0.470 e. The molecule has 8 nitrogen and oxygen atoms in total. The Hall–Kier alpha value is -3.31. The highest BCUT2D eigenvalue weighted by Gasteiger charge is 2.48. The van der Waals surface area contributed by atoms with Crippen molar-refractivity contribution in [2.45, 2.75) is 31.3 Å². The summed E-state index contributed by atoms with van der Waals surface area (Å²) in [5.74, 6) is -0.0131. The molecular formula is C28H28FN3O5S. The van der Waals surface area contributed by atoms with E-state index in [1.54, 1.807) is 18.6 Å². The predicted molar refractivity (Wildman–Crippen MR) is 144 cm³/mol. The molecule has 2 N–H and O–H groups in total. The lowest BCUT2D eigenvalue weighted by Crippen LogP contribution is -2.34. The van der Waals surface area contributed by atoms with Crippen LogP contribution in [0.15, 0.2) is 59.0 Å². The van der Waals surface area contributed by atoms with Crippen LogP contribution in [0.2, 0.25) is 0 Å². The fourth-order valence-corrected chi connectivity index (χ4v) is 5.65. The summed E-state index contributed by atoms with van der Waals surface area (Å²) in [5, 5.41) is 9.93. The summed E-state index contributed by atoms with van der Waals surface area (Å²) in [4.78, 5) is 7.62. The summed E-state index contributed by atoms with van der Waals surface area (Å²) in [7, 11) is -2.24. The van der Waals surface area contributed by atoms with Crippen LogP contribution >= 0.6 is 0 Å². The molecule has 0 spiro atoms. The van der Waals surface area contributed by atoms with Gasteiger partial charge in [-0.3, -0.25) is 0 Å². The Kier molecular flexibility index (Phi) is 6.22. The van der Waals surface area contributed by atoms with Gasteiger partial charge in [-0.1, -0.05) is 30.3 Å². The van der Waals surface area contributed by atoms with Crippen molar-refractivity contribution < 1.29 is 27.9 Å². The first-order valence-electron chi connectivity index (χ1n) is 12.3. The molecule has 6 rings (SSSR count). The first kappa shape index (κ1) is 25.0. The van der Waals surface area contributed by atoms with Gasteiger partial charge < -0.3 is 24.3 Å². The van der Waals surface area contributed by atoms with Gasteiger partial charge in [-0.2, -0.15) is 4.36 Å². The molecule has 0 amide bonds. The van der Waals surface area contributed by atoms with Gasteiger partial charge in [0, 0.05) is 39.9 Å². The Morgan fingerprint density at radius 1 is 1.03 bits per heavy atom.